The van der Waals surface area contributed by atoms with Crippen molar-refractivity contribution in [2.24, 2.45) is 0 Å². The van der Waals surface area contributed by atoms with Crippen molar-refractivity contribution in [2.75, 3.05) is 13.1 Å². The molecular weight excluding hydrogens is 300 g/mol. The summed E-state index contributed by atoms with van der Waals surface area (Å²) in [5, 5.41) is 13.5. The van der Waals surface area contributed by atoms with Crippen LogP contribution in [0.1, 0.15) is 38.1 Å². The first-order chi connectivity index (χ1) is 8.01. The number of thiazole rings is 1. The smallest absolute Gasteiger partial charge is 0.126 e. The highest BCUT2D eigenvalue weighted by atomic mass is 79.9. The van der Waals surface area contributed by atoms with Crippen LogP contribution in [0.2, 0.25) is 0 Å². The molecule has 1 unspecified atom stereocenters. The van der Waals surface area contributed by atoms with Gasteiger partial charge in [-0.25, -0.2) is 4.98 Å². The summed E-state index contributed by atoms with van der Waals surface area (Å²) >= 11 is 4.90. The van der Waals surface area contributed by atoms with Gasteiger partial charge in [-0.2, -0.15) is 0 Å². The molecule has 2 heterocycles. The second kappa shape index (κ2) is 5.34. The molecule has 0 bridgehead atoms. The molecular formula is C12H19BrN2OS. The van der Waals surface area contributed by atoms with Gasteiger partial charge in [0.15, 0.2) is 0 Å². The van der Waals surface area contributed by atoms with Gasteiger partial charge in [-0.1, -0.05) is 0 Å². The molecule has 0 aromatic carbocycles. The summed E-state index contributed by atoms with van der Waals surface area (Å²) in [7, 11) is 0. The first-order valence-electron chi connectivity index (χ1n) is 6.09. The number of hydrogen-bond donors (Lipinski definition) is 1. The fourth-order valence-electron chi connectivity index (χ4n) is 2.34. The van der Waals surface area contributed by atoms with Crippen LogP contribution in [0.3, 0.4) is 0 Å². The lowest BCUT2D eigenvalue weighted by Crippen LogP contribution is -2.33. The van der Waals surface area contributed by atoms with Crippen LogP contribution in [0.5, 0.6) is 0 Å². The van der Waals surface area contributed by atoms with Gasteiger partial charge in [-0.15, -0.1) is 11.3 Å². The average molecular weight is 319 g/mol. The number of nitrogens with zero attached hydrogens (tertiary/aromatic N) is 2. The maximum absolute atomic E-state index is 10.7. The normalized spacial score (nSPS) is 27.4. The number of likely N-dealkylation sites (tertiary alicyclic amines) is 1. The standard InChI is InChI=1S/C12H19BrN2OS/c1-9(2)15-6-3-4-12(16,5-7-15)11-14-10(13)8-17-11/h8-9,16H,3-7H2,1-2H3. The van der Waals surface area contributed by atoms with Crippen molar-refractivity contribution >= 4 is 27.3 Å². The van der Waals surface area contributed by atoms with Crippen LogP contribution in [0.15, 0.2) is 9.98 Å². The lowest BCUT2D eigenvalue weighted by atomic mass is 9.96. The molecule has 0 aliphatic carbocycles. The summed E-state index contributed by atoms with van der Waals surface area (Å²) < 4.78 is 0.830. The monoisotopic (exact) mass is 318 g/mol. The third-order valence-electron chi connectivity index (χ3n) is 3.45. The summed E-state index contributed by atoms with van der Waals surface area (Å²) in [6.45, 7) is 6.45. The quantitative estimate of drug-likeness (QED) is 0.910. The van der Waals surface area contributed by atoms with E-state index in [0.29, 0.717) is 6.04 Å². The van der Waals surface area contributed by atoms with Crippen LogP contribution in [0.4, 0.5) is 0 Å². The van der Waals surface area contributed by atoms with Gasteiger partial charge in [0.05, 0.1) is 0 Å². The van der Waals surface area contributed by atoms with Gasteiger partial charge in [0.25, 0.3) is 0 Å². The summed E-state index contributed by atoms with van der Waals surface area (Å²) in [4.78, 5) is 6.82. The van der Waals surface area contributed by atoms with Crippen LogP contribution < -0.4 is 0 Å². The predicted molar refractivity (Wildman–Crippen MR) is 74.3 cm³/mol. The topological polar surface area (TPSA) is 36.4 Å². The zero-order valence-corrected chi connectivity index (χ0v) is 12.7. The molecule has 0 amide bonds. The van der Waals surface area contributed by atoms with E-state index in [1.807, 2.05) is 5.38 Å². The largest absolute Gasteiger partial charge is 0.383 e. The van der Waals surface area contributed by atoms with E-state index < -0.39 is 5.60 Å². The van der Waals surface area contributed by atoms with Crippen molar-refractivity contribution in [1.82, 2.24) is 9.88 Å². The Bertz CT molecular complexity index is 382. The van der Waals surface area contributed by atoms with Crippen LogP contribution in [0.25, 0.3) is 0 Å². The Morgan fingerprint density at radius 2 is 2.24 bits per heavy atom. The lowest BCUT2D eigenvalue weighted by Gasteiger charge is -2.26. The maximum atomic E-state index is 10.7. The molecule has 3 nitrogen and oxygen atoms in total. The van der Waals surface area contributed by atoms with E-state index in [1.165, 1.54) is 0 Å². The highest BCUT2D eigenvalue weighted by molar-refractivity contribution is 9.10. The van der Waals surface area contributed by atoms with Crippen molar-refractivity contribution in [3.63, 3.8) is 0 Å². The molecule has 1 fully saturated rings. The fourth-order valence-corrected chi connectivity index (χ4v) is 3.75. The highest BCUT2D eigenvalue weighted by Gasteiger charge is 2.35. The Kier molecular flexibility index (Phi) is 4.23. The summed E-state index contributed by atoms with van der Waals surface area (Å²) in [5.74, 6) is 0. The second-order valence-corrected chi connectivity index (χ2v) is 6.66. The number of aliphatic hydroxyl groups is 1. The molecule has 96 valence electrons. The molecule has 1 N–H and O–H groups in total. The predicted octanol–water partition coefficient (Wildman–Crippen LogP) is 2.99. The van der Waals surface area contributed by atoms with E-state index in [2.05, 4.69) is 39.7 Å². The van der Waals surface area contributed by atoms with Gasteiger partial charge in [-0.05, 0) is 55.6 Å². The maximum Gasteiger partial charge on any atom is 0.126 e. The summed E-state index contributed by atoms with van der Waals surface area (Å²) in [6, 6.07) is 0.556. The van der Waals surface area contributed by atoms with Crippen LogP contribution in [0, 0.1) is 0 Å². The fraction of sp³-hybridized carbons (Fsp3) is 0.750. The molecule has 1 aromatic heterocycles. The van der Waals surface area contributed by atoms with Gasteiger partial charge in [0.2, 0.25) is 0 Å². The van der Waals surface area contributed by atoms with Crippen molar-refractivity contribution in [3.05, 3.63) is 15.0 Å². The molecule has 0 radical (unpaired) electrons. The second-order valence-electron chi connectivity index (χ2n) is 4.99. The molecule has 1 aromatic rings. The van der Waals surface area contributed by atoms with Gasteiger partial charge in [-0.3, -0.25) is 0 Å². The molecule has 1 atom stereocenters. The molecule has 1 aliphatic heterocycles. The third kappa shape index (κ3) is 3.08. The summed E-state index contributed by atoms with van der Waals surface area (Å²) in [6.07, 6.45) is 2.63. The number of rotatable bonds is 2. The van der Waals surface area contributed by atoms with E-state index in [4.69, 9.17) is 0 Å². The molecule has 5 heteroatoms. The number of aromatic nitrogens is 1. The third-order valence-corrected chi connectivity index (χ3v) is 5.20. The average Bonchev–Trinajstić information content (AvgIpc) is 2.59. The molecule has 0 saturated carbocycles. The van der Waals surface area contributed by atoms with Crippen molar-refractivity contribution in [3.8, 4) is 0 Å². The van der Waals surface area contributed by atoms with Crippen molar-refractivity contribution in [1.29, 1.82) is 0 Å². The Morgan fingerprint density at radius 3 is 2.82 bits per heavy atom. The zero-order valence-electron chi connectivity index (χ0n) is 10.3. The SMILES string of the molecule is CC(C)N1CCCC(O)(c2nc(Br)cs2)CC1. The van der Waals surface area contributed by atoms with Crippen LogP contribution in [-0.2, 0) is 5.60 Å². The van der Waals surface area contributed by atoms with Crippen molar-refractivity contribution in [2.45, 2.75) is 44.8 Å². The Hall–Kier alpha value is 0.0300. The first-order valence-corrected chi connectivity index (χ1v) is 7.76. The van der Waals surface area contributed by atoms with E-state index >= 15 is 0 Å². The highest BCUT2D eigenvalue weighted by Crippen LogP contribution is 2.35. The Morgan fingerprint density at radius 1 is 1.47 bits per heavy atom. The molecule has 17 heavy (non-hydrogen) atoms. The molecule has 2 rings (SSSR count). The molecule has 0 spiro atoms. The van der Waals surface area contributed by atoms with Gasteiger partial charge < -0.3 is 10.0 Å². The van der Waals surface area contributed by atoms with Crippen molar-refractivity contribution < 1.29 is 5.11 Å². The summed E-state index contributed by atoms with van der Waals surface area (Å²) in [5.41, 5.74) is -0.722. The minimum atomic E-state index is -0.722. The number of halogens is 1. The Balaban J connectivity index is 2.11. The van der Waals surface area contributed by atoms with E-state index in [-0.39, 0.29) is 0 Å². The first kappa shape index (κ1) is 13.5. The lowest BCUT2D eigenvalue weighted by molar-refractivity contribution is 0.0201. The molecule has 1 saturated heterocycles. The van der Waals surface area contributed by atoms with Crippen LogP contribution in [-0.4, -0.2) is 34.1 Å². The van der Waals surface area contributed by atoms with E-state index in [9.17, 15) is 5.11 Å². The number of hydrogen-bond acceptors (Lipinski definition) is 4. The van der Waals surface area contributed by atoms with Gasteiger partial charge in [0.1, 0.15) is 15.2 Å². The van der Waals surface area contributed by atoms with E-state index in [0.717, 1.165) is 42.0 Å². The minimum Gasteiger partial charge on any atom is -0.383 e. The Labute approximate surface area is 115 Å². The molecule has 1 aliphatic rings. The van der Waals surface area contributed by atoms with E-state index in [1.54, 1.807) is 11.3 Å². The minimum absolute atomic E-state index is 0.556. The van der Waals surface area contributed by atoms with Gasteiger partial charge in [0, 0.05) is 18.0 Å². The van der Waals surface area contributed by atoms with Gasteiger partial charge >= 0.3 is 0 Å². The van der Waals surface area contributed by atoms with Crippen LogP contribution >= 0.6 is 27.3 Å². The zero-order chi connectivity index (χ0) is 12.5.